The first kappa shape index (κ1) is 16.4. The molecular weight excluding hydrogens is 332 g/mol. The van der Waals surface area contributed by atoms with E-state index in [2.05, 4.69) is 10.6 Å². The fraction of sp³-hybridized carbons (Fsp3) is 0.235. The SMILES string of the molecule is O=C(NCCC(O)c1ccc2c(c1)OCO2)Nc1ccccc1Cl. The van der Waals surface area contributed by atoms with Crippen molar-refractivity contribution in [2.75, 3.05) is 18.7 Å². The van der Waals surface area contributed by atoms with Crippen molar-refractivity contribution >= 4 is 23.3 Å². The van der Waals surface area contributed by atoms with E-state index in [0.717, 1.165) is 0 Å². The molecule has 2 aromatic carbocycles. The van der Waals surface area contributed by atoms with Gasteiger partial charge in [-0.05, 0) is 36.2 Å². The lowest BCUT2D eigenvalue weighted by Crippen LogP contribution is -2.30. The van der Waals surface area contributed by atoms with Crippen LogP contribution in [0.15, 0.2) is 42.5 Å². The summed E-state index contributed by atoms with van der Waals surface area (Å²) in [4.78, 5) is 11.8. The number of hydrogen-bond acceptors (Lipinski definition) is 4. The predicted octanol–water partition coefficient (Wildman–Crippen LogP) is 3.31. The molecule has 1 aliphatic rings. The Bertz CT molecular complexity index is 738. The van der Waals surface area contributed by atoms with Crippen LogP contribution in [-0.2, 0) is 0 Å². The Labute approximate surface area is 144 Å². The molecule has 3 rings (SSSR count). The number of urea groups is 1. The predicted molar refractivity (Wildman–Crippen MR) is 90.6 cm³/mol. The minimum Gasteiger partial charge on any atom is -0.454 e. The Morgan fingerprint density at radius 2 is 2.00 bits per heavy atom. The molecule has 1 heterocycles. The Morgan fingerprint density at radius 3 is 2.83 bits per heavy atom. The highest BCUT2D eigenvalue weighted by atomic mass is 35.5. The highest BCUT2D eigenvalue weighted by molar-refractivity contribution is 6.33. The van der Waals surface area contributed by atoms with Crippen LogP contribution in [0, 0.1) is 0 Å². The Kier molecular flexibility index (Phi) is 5.08. The third kappa shape index (κ3) is 3.90. The molecule has 0 bridgehead atoms. The van der Waals surface area contributed by atoms with Crippen LogP contribution >= 0.6 is 11.6 Å². The molecule has 0 fully saturated rings. The molecule has 0 aromatic heterocycles. The quantitative estimate of drug-likeness (QED) is 0.774. The number of anilines is 1. The van der Waals surface area contributed by atoms with Crippen molar-refractivity contribution in [3.05, 3.63) is 53.1 Å². The second-order valence-electron chi connectivity index (χ2n) is 5.28. The van der Waals surface area contributed by atoms with Gasteiger partial charge in [0.1, 0.15) is 0 Å². The number of aliphatic hydroxyl groups excluding tert-OH is 1. The summed E-state index contributed by atoms with van der Waals surface area (Å²) in [6, 6.07) is 11.9. The molecule has 3 N–H and O–H groups in total. The van der Waals surface area contributed by atoms with E-state index in [4.69, 9.17) is 21.1 Å². The van der Waals surface area contributed by atoms with Gasteiger partial charge in [-0.15, -0.1) is 0 Å². The second-order valence-corrected chi connectivity index (χ2v) is 5.69. The highest BCUT2D eigenvalue weighted by Gasteiger charge is 2.16. The third-order valence-corrected chi connectivity index (χ3v) is 3.94. The van der Waals surface area contributed by atoms with Gasteiger partial charge in [0, 0.05) is 6.54 Å². The number of para-hydroxylation sites is 1. The Morgan fingerprint density at radius 1 is 1.21 bits per heavy atom. The topological polar surface area (TPSA) is 79.8 Å². The minimum atomic E-state index is -0.708. The molecule has 1 aliphatic heterocycles. The first-order chi connectivity index (χ1) is 11.6. The van der Waals surface area contributed by atoms with E-state index in [-0.39, 0.29) is 12.8 Å². The van der Waals surface area contributed by atoms with Crippen LogP contribution in [0.3, 0.4) is 0 Å². The first-order valence-corrected chi connectivity index (χ1v) is 7.88. The largest absolute Gasteiger partial charge is 0.454 e. The summed E-state index contributed by atoms with van der Waals surface area (Å²) in [6.07, 6.45) is -0.338. The molecule has 0 aliphatic carbocycles. The Hall–Kier alpha value is -2.44. The van der Waals surface area contributed by atoms with Crippen LogP contribution in [0.1, 0.15) is 18.1 Å². The number of benzene rings is 2. The van der Waals surface area contributed by atoms with Crippen LogP contribution in [0.25, 0.3) is 0 Å². The summed E-state index contributed by atoms with van der Waals surface area (Å²) < 4.78 is 10.5. The smallest absolute Gasteiger partial charge is 0.319 e. The number of rotatable bonds is 5. The van der Waals surface area contributed by atoms with Crippen LogP contribution in [-0.4, -0.2) is 24.5 Å². The van der Waals surface area contributed by atoms with Gasteiger partial charge in [-0.3, -0.25) is 0 Å². The lowest BCUT2D eigenvalue weighted by Gasteiger charge is -2.13. The average Bonchev–Trinajstić information content (AvgIpc) is 3.04. The van der Waals surface area contributed by atoms with Crippen molar-refractivity contribution < 1.29 is 19.4 Å². The van der Waals surface area contributed by atoms with E-state index in [9.17, 15) is 9.90 Å². The molecule has 0 spiro atoms. The minimum absolute atomic E-state index is 0.193. The Balaban J connectivity index is 1.47. The van der Waals surface area contributed by atoms with Crippen molar-refractivity contribution in [1.29, 1.82) is 0 Å². The van der Waals surface area contributed by atoms with Gasteiger partial charge in [0.05, 0.1) is 16.8 Å². The lowest BCUT2D eigenvalue weighted by atomic mass is 10.1. The number of carbonyl (C=O) groups excluding carboxylic acids is 1. The maximum atomic E-state index is 11.8. The maximum Gasteiger partial charge on any atom is 0.319 e. The molecule has 0 saturated carbocycles. The fourth-order valence-electron chi connectivity index (χ4n) is 2.34. The summed E-state index contributed by atoms with van der Waals surface area (Å²) in [5.41, 5.74) is 1.25. The van der Waals surface area contributed by atoms with Gasteiger partial charge in [0.2, 0.25) is 6.79 Å². The van der Waals surface area contributed by atoms with Crippen molar-refractivity contribution in [1.82, 2.24) is 5.32 Å². The van der Waals surface area contributed by atoms with E-state index in [1.54, 1.807) is 42.5 Å². The van der Waals surface area contributed by atoms with Crippen LogP contribution in [0.4, 0.5) is 10.5 Å². The lowest BCUT2D eigenvalue weighted by molar-refractivity contribution is 0.165. The molecule has 126 valence electrons. The van der Waals surface area contributed by atoms with Gasteiger partial charge >= 0.3 is 6.03 Å². The molecule has 0 radical (unpaired) electrons. The highest BCUT2D eigenvalue weighted by Crippen LogP contribution is 2.34. The zero-order valence-corrected chi connectivity index (χ0v) is 13.5. The molecule has 1 atom stereocenters. The molecule has 2 amide bonds. The molecule has 6 nitrogen and oxygen atoms in total. The van der Waals surface area contributed by atoms with Crippen molar-refractivity contribution in [2.24, 2.45) is 0 Å². The van der Waals surface area contributed by atoms with E-state index >= 15 is 0 Å². The molecule has 2 aromatic rings. The van der Waals surface area contributed by atoms with E-state index < -0.39 is 6.10 Å². The van der Waals surface area contributed by atoms with Gasteiger partial charge in [0.15, 0.2) is 11.5 Å². The zero-order valence-electron chi connectivity index (χ0n) is 12.8. The van der Waals surface area contributed by atoms with Gasteiger partial charge in [-0.1, -0.05) is 29.8 Å². The van der Waals surface area contributed by atoms with Crippen molar-refractivity contribution in [3.63, 3.8) is 0 Å². The molecular formula is C17H17ClN2O4. The average molecular weight is 349 g/mol. The van der Waals surface area contributed by atoms with Crippen molar-refractivity contribution in [2.45, 2.75) is 12.5 Å². The molecule has 7 heteroatoms. The summed E-state index contributed by atoms with van der Waals surface area (Å²) in [5.74, 6) is 1.29. The van der Waals surface area contributed by atoms with E-state index in [1.807, 2.05) is 0 Å². The number of nitrogens with one attached hydrogen (secondary N) is 2. The number of hydrogen-bond donors (Lipinski definition) is 3. The number of fused-ring (bicyclic) bond motifs is 1. The zero-order chi connectivity index (χ0) is 16.9. The second kappa shape index (κ2) is 7.42. The van der Waals surface area contributed by atoms with Crippen molar-refractivity contribution in [3.8, 4) is 11.5 Å². The number of aliphatic hydroxyl groups is 1. The maximum absolute atomic E-state index is 11.8. The summed E-state index contributed by atoms with van der Waals surface area (Å²) >= 11 is 5.97. The fourth-order valence-corrected chi connectivity index (χ4v) is 2.52. The van der Waals surface area contributed by atoms with E-state index in [0.29, 0.717) is 40.7 Å². The number of amides is 2. The molecule has 0 saturated heterocycles. The van der Waals surface area contributed by atoms with Gasteiger partial charge in [-0.25, -0.2) is 4.79 Å². The number of halogens is 1. The summed E-state index contributed by atoms with van der Waals surface area (Å²) in [7, 11) is 0. The normalized spacial score (nSPS) is 13.4. The number of ether oxygens (including phenoxy) is 2. The summed E-state index contributed by atoms with van der Waals surface area (Å²) in [5, 5.41) is 16.0. The van der Waals surface area contributed by atoms with Gasteiger partial charge in [-0.2, -0.15) is 0 Å². The van der Waals surface area contributed by atoms with Gasteiger partial charge in [0.25, 0.3) is 0 Å². The molecule has 24 heavy (non-hydrogen) atoms. The monoisotopic (exact) mass is 348 g/mol. The summed E-state index contributed by atoms with van der Waals surface area (Å²) in [6.45, 7) is 0.505. The number of carbonyl (C=O) groups is 1. The third-order valence-electron chi connectivity index (χ3n) is 3.61. The standard InChI is InChI=1S/C17H17ClN2O4/c18-12-3-1-2-4-13(12)20-17(22)19-8-7-14(21)11-5-6-15-16(9-11)24-10-23-15/h1-6,9,14,21H,7-8,10H2,(H2,19,20,22). The van der Waals surface area contributed by atoms with Crippen LogP contribution in [0.2, 0.25) is 5.02 Å². The van der Waals surface area contributed by atoms with E-state index in [1.165, 1.54) is 0 Å². The van der Waals surface area contributed by atoms with Crippen LogP contribution < -0.4 is 20.1 Å². The molecule has 1 unspecified atom stereocenters. The van der Waals surface area contributed by atoms with Gasteiger partial charge < -0.3 is 25.2 Å². The van der Waals surface area contributed by atoms with Crippen LogP contribution in [0.5, 0.6) is 11.5 Å². The first-order valence-electron chi connectivity index (χ1n) is 7.50.